The van der Waals surface area contributed by atoms with Crippen molar-refractivity contribution >= 4 is 5.78 Å². The lowest BCUT2D eigenvalue weighted by atomic mass is 10.1. The highest BCUT2D eigenvalue weighted by atomic mass is 16.5. The van der Waals surface area contributed by atoms with E-state index >= 15 is 0 Å². The van der Waals surface area contributed by atoms with Crippen LogP contribution in [0.5, 0.6) is 0 Å². The average Bonchev–Trinajstić information content (AvgIpc) is 2.60. The molecule has 0 radical (unpaired) electrons. The molecule has 0 atom stereocenters. The number of ether oxygens (including phenoxy) is 1. The van der Waals surface area contributed by atoms with E-state index < -0.39 is 0 Å². The Balaban J connectivity index is 2.36. The normalized spacial score (nSPS) is 15.5. The van der Waals surface area contributed by atoms with Gasteiger partial charge < -0.3 is 9.30 Å². The molecule has 3 heteroatoms. The monoisotopic (exact) mass is 179 g/mol. The number of ketones is 1. The van der Waals surface area contributed by atoms with Gasteiger partial charge in [0.15, 0.2) is 5.78 Å². The van der Waals surface area contributed by atoms with Gasteiger partial charge >= 0.3 is 0 Å². The third-order valence-corrected chi connectivity index (χ3v) is 2.42. The first kappa shape index (κ1) is 8.51. The van der Waals surface area contributed by atoms with Crippen LogP contribution >= 0.6 is 0 Å². The lowest BCUT2D eigenvalue weighted by molar-refractivity contribution is 0.0820. The Morgan fingerprint density at radius 2 is 2.54 bits per heavy atom. The number of hydrogen-bond acceptors (Lipinski definition) is 2. The molecule has 1 aromatic rings. The molecule has 0 unspecified atom stereocenters. The second-order valence-electron chi connectivity index (χ2n) is 3.20. The first-order valence-corrected chi connectivity index (χ1v) is 4.62. The molecule has 0 saturated carbocycles. The summed E-state index contributed by atoms with van der Waals surface area (Å²) in [5.41, 5.74) is 1.88. The van der Waals surface area contributed by atoms with Crippen molar-refractivity contribution < 1.29 is 9.53 Å². The topological polar surface area (TPSA) is 31.2 Å². The minimum Gasteiger partial charge on any atom is -0.373 e. The Morgan fingerprint density at radius 3 is 3.31 bits per heavy atom. The van der Waals surface area contributed by atoms with Crippen LogP contribution in [0.4, 0.5) is 0 Å². The first-order chi connectivity index (χ1) is 6.33. The second-order valence-corrected chi connectivity index (χ2v) is 3.20. The van der Waals surface area contributed by atoms with Gasteiger partial charge in [-0.3, -0.25) is 4.79 Å². The zero-order chi connectivity index (χ0) is 9.26. The second kappa shape index (κ2) is 3.34. The Kier molecular flexibility index (Phi) is 2.19. The lowest BCUT2D eigenvalue weighted by Crippen LogP contribution is -2.17. The summed E-state index contributed by atoms with van der Waals surface area (Å²) < 4.78 is 7.42. The van der Waals surface area contributed by atoms with E-state index in [2.05, 4.69) is 4.57 Å². The quantitative estimate of drug-likeness (QED) is 0.646. The lowest BCUT2D eigenvalue weighted by Gasteiger charge is -2.16. The number of aromatic nitrogens is 1. The van der Waals surface area contributed by atoms with E-state index in [4.69, 9.17) is 4.74 Å². The molecule has 2 heterocycles. The number of rotatable bonds is 2. The van der Waals surface area contributed by atoms with Crippen LogP contribution in [0.1, 0.15) is 29.4 Å². The van der Waals surface area contributed by atoms with Crippen LogP contribution < -0.4 is 0 Å². The number of hydrogen-bond donors (Lipinski definition) is 0. The predicted octanol–water partition coefficient (Wildman–Crippen LogP) is 1.61. The average molecular weight is 179 g/mol. The minimum atomic E-state index is 0.208. The summed E-state index contributed by atoms with van der Waals surface area (Å²) in [5, 5.41) is 0. The molecule has 0 saturated heterocycles. The number of carbonyl (C=O) groups excluding carboxylic acids is 1. The fourth-order valence-corrected chi connectivity index (χ4v) is 1.65. The van der Waals surface area contributed by atoms with Gasteiger partial charge in [0.1, 0.15) is 0 Å². The molecule has 0 N–H and O–H groups in total. The Hall–Kier alpha value is -1.09. The van der Waals surface area contributed by atoms with Crippen molar-refractivity contribution in [1.82, 2.24) is 4.57 Å². The third-order valence-electron chi connectivity index (χ3n) is 2.42. The number of nitrogens with zero attached hydrogens (tertiary/aromatic N) is 1. The molecule has 0 bridgehead atoms. The highest BCUT2D eigenvalue weighted by Gasteiger charge is 2.16. The van der Waals surface area contributed by atoms with Crippen LogP contribution in [0.3, 0.4) is 0 Å². The van der Waals surface area contributed by atoms with Crippen molar-refractivity contribution in [1.29, 1.82) is 0 Å². The number of carbonyl (C=O) groups is 1. The molecule has 3 nitrogen and oxygen atoms in total. The summed E-state index contributed by atoms with van der Waals surface area (Å²) in [4.78, 5) is 11.5. The van der Waals surface area contributed by atoms with Gasteiger partial charge in [-0.25, -0.2) is 0 Å². The van der Waals surface area contributed by atoms with E-state index in [-0.39, 0.29) is 5.78 Å². The van der Waals surface area contributed by atoms with E-state index in [9.17, 15) is 4.79 Å². The van der Waals surface area contributed by atoms with Gasteiger partial charge in [0.2, 0.25) is 0 Å². The van der Waals surface area contributed by atoms with Crippen molar-refractivity contribution in [2.45, 2.75) is 26.5 Å². The molecule has 0 aliphatic carbocycles. The molecule has 2 rings (SSSR count). The Morgan fingerprint density at radius 1 is 1.69 bits per heavy atom. The summed E-state index contributed by atoms with van der Waals surface area (Å²) in [5.74, 6) is 0.208. The van der Waals surface area contributed by atoms with Crippen LogP contribution in [0.25, 0.3) is 0 Å². The summed E-state index contributed by atoms with van der Waals surface area (Å²) in [7, 11) is 0. The number of Topliss-reactive ketones (excluding diaryl/α,β-unsaturated/α-hetero) is 1. The van der Waals surface area contributed by atoms with E-state index in [0.717, 1.165) is 24.4 Å². The minimum absolute atomic E-state index is 0.208. The molecule has 0 amide bonds. The standard InChI is InChI=1S/C10H13NO2/c1-2-10(12)8-3-4-11-5-6-13-7-9(8)11/h3-4H,2,5-7H2,1H3. The highest BCUT2D eigenvalue weighted by molar-refractivity contribution is 5.97. The zero-order valence-corrected chi connectivity index (χ0v) is 7.75. The van der Waals surface area contributed by atoms with Gasteiger partial charge in [0, 0.05) is 24.7 Å². The van der Waals surface area contributed by atoms with Crippen LogP contribution in [-0.4, -0.2) is 17.0 Å². The summed E-state index contributed by atoms with van der Waals surface area (Å²) in [6, 6.07) is 1.90. The maximum Gasteiger partial charge on any atom is 0.164 e. The van der Waals surface area contributed by atoms with Gasteiger partial charge in [-0.2, -0.15) is 0 Å². The van der Waals surface area contributed by atoms with Gasteiger partial charge in [-0.05, 0) is 6.07 Å². The van der Waals surface area contributed by atoms with E-state index in [1.807, 2.05) is 19.2 Å². The van der Waals surface area contributed by atoms with Crippen LogP contribution in [0, 0.1) is 0 Å². The maximum absolute atomic E-state index is 11.5. The van der Waals surface area contributed by atoms with Crippen molar-refractivity contribution in [3.05, 3.63) is 23.5 Å². The SMILES string of the molecule is CCC(=O)c1ccn2c1COCC2. The predicted molar refractivity (Wildman–Crippen MR) is 48.7 cm³/mol. The molecule has 0 aromatic carbocycles. The summed E-state index contributed by atoms with van der Waals surface area (Å²) >= 11 is 0. The molecular weight excluding hydrogens is 166 g/mol. The highest BCUT2D eigenvalue weighted by Crippen LogP contribution is 2.17. The van der Waals surface area contributed by atoms with E-state index in [0.29, 0.717) is 13.0 Å². The molecule has 1 aliphatic rings. The van der Waals surface area contributed by atoms with Gasteiger partial charge in [-0.15, -0.1) is 0 Å². The molecule has 13 heavy (non-hydrogen) atoms. The molecular formula is C10H13NO2. The molecule has 0 spiro atoms. The summed E-state index contributed by atoms with van der Waals surface area (Å²) in [6.07, 6.45) is 2.54. The fourth-order valence-electron chi connectivity index (χ4n) is 1.65. The first-order valence-electron chi connectivity index (χ1n) is 4.62. The molecule has 70 valence electrons. The van der Waals surface area contributed by atoms with Crippen LogP contribution in [-0.2, 0) is 17.9 Å². The molecule has 1 aliphatic heterocycles. The molecule has 1 aromatic heterocycles. The maximum atomic E-state index is 11.5. The third kappa shape index (κ3) is 1.40. The fraction of sp³-hybridized carbons (Fsp3) is 0.500. The van der Waals surface area contributed by atoms with Crippen molar-refractivity contribution in [3.8, 4) is 0 Å². The Bertz CT molecular complexity index is 328. The largest absolute Gasteiger partial charge is 0.373 e. The number of fused-ring (bicyclic) bond motifs is 1. The smallest absolute Gasteiger partial charge is 0.164 e. The van der Waals surface area contributed by atoms with Crippen molar-refractivity contribution in [2.75, 3.05) is 6.61 Å². The summed E-state index contributed by atoms with van der Waals surface area (Å²) in [6.45, 7) is 4.08. The van der Waals surface area contributed by atoms with E-state index in [1.54, 1.807) is 0 Å². The van der Waals surface area contributed by atoms with Crippen molar-refractivity contribution in [3.63, 3.8) is 0 Å². The van der Waals surface area contributed by atoms with Gasteiger partial charge in [0.05, 0.1) is 18.9 Å². The van der Waals surface area contributed by atoms with Crippen molar-refractivity contribution in [2.24, 2.45) is 0 Å². The van der Waals surface area contributed by atoms with Gasteiger partial charge in [-0.1, -0.05) is 6.92 Å². The van der Waals surface area contributed by atoms with E-state index in [1.165, 1.54) is 0 Å². The Labute approximate surface area is 77.3 Å². The zero-order valence-electron chi connectivity index (χ0n) is 7.75. The molecule has 0 fully saturated rings. The van der Waals surface area contributed by atoms with Gasteiger partial charge in [0.25, 0.3) is 0 Å². The van der Waals surface area contributed by atoms with Crippen LogP contribution in [0.15, 0.2) is 12.3 Å². The van der Waals surface area contributed by atoms with Crippen LogP contribution in [0.2, 0.25) is 0 Å².